The van der Waals surface area contributed by atoms with E-state index in [9.17, 15) is 0 Å². The van der Waals surface area contributed by atoms with Gasteiger partial charge in [-0.3, -0.25) is 4.90 Å². The molecule has 2 aliphatic rings. The van der Waals surface area contributed by atoms with Crippen molar-refractivity contribution in [2.75, 3.05) is 13.1 Å². The largest absolute Gasteiger partial charge is 0.329 e. The van der Waals surface area contributed by atoms with Gasteiger partial charge in [0.2, 0.25) is 0 Å². The summed E-state index contributed by atoms with van der Waals surface area (Å²) >= 11 is 0. The molecule has 0 heterocycles. The standard InChI is InChI=1S/C14H28N2/c1-2-16(13-8-4-3-5-9-13)14(12-15)10-6-7-11-14/h13H,2-12,15H2,1H3. The molecule has 94 valence electrons. The lowest BCUT2D eigenvalue weighted by molar-refractivity contribution is 0.0392. The van der Waals surface area contributed by atoms with E-state index in [1.54, 1.807) is 0 Å². The van der Waals surface area contributed by atoms with Crippen molar-refractivity contribution in [1.82, 2.24) is 4.90 Å². The molecule has 2 N–H and O–H groups in total. The molecule has 2 saturated carbocycles. The van der Waals surface area contributed by atoms with Gasteiger partial charge in [-0.05, 0) is 32.2 Å². The molecule has 0 radical (unpaired) electrons. The van der Waals surface area contributed by atoms with Gasteiger partial charge in [0.1, 0.15) is 0 Å². The molecular weight excluding hydrogens is 196 g/mol. The molecule has 0 atom stereocenters. The van der Waals surface area contributed by atoms with Gasteiger partial charge in [-0.15, -0.1) is 0 Å². The van der Waals surface area contributed by atoms with E-state index in [1.165, 1.54) is 64.3 Å². The fourth-order valence-corrected chi connectivity index (χ4v) is 4.02. The molecule has 0 aromatic heterocycles. The Morgan fingerprint density at radius 3 is 2.19 bits per heavy atom. The summed E-state index contributed by atoms with van der Waals surface area (Å²) in [6.07, 6.45) is 12.6. The summed E-state index contributed by atoms with van der Waals surface area (Å²) in [5.74, 6) is 0. The molecule has 2 fully saturated rings. The van der Waals surface area contributed by atoms with Crippen LogP contribution in [0.4, 0.5) is 0 Å². The monoisotopic (exact) mass is 224 g/mol. The average molecular weight is 224 g/mol. The first-order valence-electron chi connectivity index (χ1n) is 7.29. The quantitative estimate of drug-likeness (QED) is 0.795. The Hall–Kier alpha value is -0.0800. The Labute approximate surface area is 101 Å². The first-order valence-corrected chi connectivity index (χ1v) is 7.29. The fourth-order valence-electron chi connectivity index (χ4n) is 4.02. The van der Waals surface area contributed by atoms with E-state index >= 15 is 0 Å². The van der Waals surface area contributed by atoms with Crippen molar-refractivity contribution in [3.05, 3.63) is 0 Å². The van der Waals surface area contributed by atoms with E-state index < -0.39 is 0 Å². The topological polar surface area (TPSA) is 29.3 Å². The number of nitrogens with zero attached hydrogens (tertiary/aromatic N) is 1. The zero-order chi connectivity index (χ0) is 11.4. The van der Waals surface area contributed by atoms with Gasteiger partial charge in [0.15, 0.2) is 0 Å². The van der Waals surface area contributed by atoms with Crippen molar-refractivity contribution in [3.8, 4) is 0 Å². The van der Waals surface area contributed by atoms with Crippen LogP contribution in [-0.4, -0.2) is 29.6 Å². The van der Waals surface area contributed by atoms with Crippen LogP contribution in [-0.2, 0) is 0 Å². The van der Waals surface area contributed by atoms with Crippen molar-refractivity contribution in [2.24, 2.45) is 5.73 Å². The zero-order valence-corrected chi connectivity index (χ0v) is 10.9. The van der Waals surface area contributed by atoms with E-state index in [2.05, 4.69) is 11.8 Å². The third kappa shape index (κ3) is 2.28. The second-order valence-corrected chi connectivity index (χ2v) is 5.71. The fraction of sp³-hybridized carbons (Fsp3) is 1.00. The van der Waals surface area contributed by atoms with Crippen LogP contribution in [0.25, 0.3) is 0 Å². The van der Waals surface area contributed by atoms with Gasteiger partial charge in [0.25, 0.3) is 0 Å². The molecule has 0 amide bonds. The lowest BCUT2D eigenvalue weighted by atomic mass is 9.87. The minimum atomic E-state index is 0.372. The maximum Gasteiger partial charge on any atom is 0.0334 e. The Morgan fingerprint density at radius 1 is 1.06 bits per heavy atom. The van der Waals surface area contributed by atoms with E-state index in [4.69, 9.17) is 5.73 Å². The van der Waals surface area contributed by atoms with Crippen molar-refractivity contribution >= 4 is 0 Å². The smallest absolute Gasteiger partial charge is 0.0334 e. The second-order valence-electron chi connectivity index (χ2n) is 5.71. The minimum Gasteiger partial charge on any atom is -0.329 e. The summed E-state index contributed by atoms with van der Waals surface area (Å²) in [7, 11) is 0. The number of nitrogens with two attached hydrogens (primary N) is 1. The lowest BCUT2D eigenvalue weighted by Crippen LogP contribution is -2.56. The minimum absolute atomic E-state index is 0.372. The van der Waals surface area contributed by atoms with Gasteiger partial charge < -0.3 is 5.73 Å². The maximum absolute atomic E-state index is 6.11. The van der Waals surface area contributed by atoms with E-state index in [1.807, 2.05) is 0 Å². The molecule has 0 unspecified atom stereocenters. The predicted octanol–water partition coefficient (Wildman–Crippen LogP) is 2.91. The molecule has 0 aliphatic heterocycles. The van der Waals surface area contributed by atoms with Gasteiger partial charge >= 0.3 is 0 Å². The predicted molar refractivity (Wildman–Crippen MR) is 69.5 cm³/mol. The molecule has 2 heteroatoms. The van der Waals surface area contributed by atoms with Crippen LogP contribution in [0.3, 0.4) is 0 Å². The van der Waals surface area contributed by atoms with Crippen molar-refractivity contribution in [3.63, 3.8) is 0 Å². The number of rotatable bonds is 4. The van der Waals surface area contributed by atoms with Gasteiger partial charge in [-0.1, -0.05) is 39.0 Å². The van der Waals surface area contributed by atoms with Crippen molar-refractivity contribution < 1.29 is 0 Å². The van der Waals surface area contributed by atoms with E-state index in [-0.39, 0.29) is 0 Å². The molecule has 2 nitrogen and oxygen atoms in total. The third-order valence-electron chi connectivity index (χ3n) is 4.88. The third-order valence-corrected chi connectivity index (χ3v) is 4.88. The molecule has 0 aromatic carbocycles. The number of likely N-dealkylation sites (N-methyl/N-ethyl adjacent to an activating group) is 1. The zero-order valence-electron chi connectivity index (χ0n) is 10.9. The summed E-state index contributed by atoms with van der Waals surface area (Å²) < 4.78 is 0. The van der Waals surface area contributed by atoms with Crippen LogP contribution in [0.5, 0.6) is 0 Å². The van der Waals surface area contributed by atoms with Gasteiger partial charge in [0, 0.05) is 18.1 Å². The van der Waals surface area contributed by atoms with Crippen LogP contribution in [0.15, 0.2) is 0 Å². The summed E-state index contributed by atoms with van der Waals surface area (Å²) in [6, 6.07) is 0.834. The summed E-state index contributed by atoms with van der Waals surface area (Å²) in [6.45, 7) is 4.39. The van der Waals surface area contributed by atoms with Gasteiger partial charge in [-0.2, -0.15) is 0 Å². The van der Waals surface area contributed by atoms with Crippen LogP contribution < -0.4 is 5.73 Å². The Bertz CT molecular complexity index is 203. The molecule has 2 rings (SSSR count). The Balaban J connectivity index is 2.06. The van der Waals surface area contributed by atoms with Crippen LogP contribution in [0, 0.1) is 0 Å². The molecular formula is C14H28N2. The summed E-state index contributed by atoms with van der Waals surface area (Å²) in [5, 5.41) is 0. The normalized spacial score (nSPS) is 26.4. The van der Waals surface area contributed by atoms with E-state index in [0.717, 1.165) is 12.6 Å². The van der Waals surface area contributed by atoms with Crippen molar-refractivity contribution in [1.29, 1.82) is 0 Å². The summed E-state index contributed by atoms with van der Waals surface area (Å²) in [4.78, 5) is 2.78. The maximum atomic E-state index is 6.11. The highest BCUT2D eigenvalue weighted by Crippen LogP contribution is 2.38. The SMILES string of the molecule is CCN(C1CCCCC1)C1(CN)CCCC1. The molecule has 0 aromatic rings. The molecule has 0 saturated heterocycles. The Kier molecular flexibility index (Phi) is 4.26. The Morgan fingerprint density at radius 2 is 1.69 bits per heavy atom. The molecule has 2 aliphatic carbocycles. The highest BCUT2D eigenvalue weighted by Gasteiger charge is 2.40. The highest BCUT2D eigenvalue weighted by atomic mass is 15.2. The lowest BCUT2D eigenvalue weighted by Gasteiger charge is -2.46. The molecule has 0 bridgehead atoms. The molecule has 0 spiro atoms. The van der Waals surface area contributed by atoms with Gasteiger partial charge in [-0.25, -0.2) is 0 Å². The highest BCUT2D eigenvalue weighted by molar-refractivity contribution is 4.98. The van der Waals surface area contributed by atoms with E-state index in [0.29, 0.717) is 5.54 Å². The second kappa shape index (κ2) is 5.50. The number of hydrogen-bond donors (Lipinski definition) is 1. The molecule has 16 heavy (non-hydrogen) atoms. The van der Waals surface area contributed by atoms with Crippen molar-refractivity contribution in [2.45, 2.75) is 76.3 Å². The van der Waals surface area contributed by atoms with Crippen LogP contribution >= 0.6 is 0 Å². The van der Waals surface area contributed by atoms with Crippen LogP contribution in [0.1, 0.15) is 64.7 Å². The average Bonchev–Trinajstić information content (AvgIpc) is 2.81. The first kappa shape index (κ1) is 12.4. The van der Waals surface area contributed by atoms with Gasteiger partial charge in [0.05, 0.1) is 0 Å². The number of hydrogen-bond acceptors (Lipinski definition) is 2. The summed E-state index contributed by atoms with van der Waals surface area (Å²) in [5.41, 5.74) is 6.48. The van der Waals surface area contributed by atoms with Crippen LogP contribution in [0.2, 0.25) is 0 Å². The first-order chi connectivity index (χ1) is 7.82.